The van der Waals surface area contributed by atoms with Gasteiger partial charge in [-0.05, 0) is 31.6 Å². The van der Waals surface area contributed by atoms with Crippen LogP contribution in [0.15, 0.2) is 0 Å². The van der Waals surface area contributed by atoms with Gasteiger partial charge in [-0.25, -0.2) is 0 Å². The quantitative estimate of drug-likeness (QED) is 0.630. The fraction of sp³-hybridized carbons (Fsp3) is 0.909. The average molecular weight is 184 g/mol. The Hall–Kier alpha value is -0.370. The van der Waals surface area contributed by atoms with Crippen LogP contribution in [0.25, 0.3) is 0 Å². The number of carbonyl (C=O) groups is 1. The third-order valence-corrected chi connectivity index (χ3v) is 3.36. The van der Waals surface area contributed by atoms with E-state index in [9.17, 15) is 4.79 Å². The van der Waals surface area contributed by atoms with Crippen LogP contribution in [-0.2, 0) is 9.53 Å². The van der Waals surface area contributed by atoms with E-state index in [1.54, 1.807) is 7.11 Å². The van der Waals surface area contributed by atoms with E-state index in [4.69, 9.17) is 4.74 Å². The van der Waals surface area contributed by atoms with Gasteiger partial charge in [0.25, 0.3) is 0 Å². The molecule has 0 aromatic rings. The molecule has 0 heterocycles. The molecule has 0 spiro atoms. The van der Waals surface area contributed by atoms with Crippen molar-refractivity contribution >= 4 is 6.29 Å². The van der Waals surface area contributed by atoms with Crippen molar-refractivity contribution in [1.29, 1.82) is 0 Å². The van der Waals surface area contributed by atoms with Gasteiger partial charge in [-0.2, -0.15) is 0 Å². The zero-order valence-electron chi connectivity index (χ0n) is 8.88. The van der Waals surface area contributed by atoms with E-state index in [0.29, 0.717) is 12.0 Å². The van der Waals surface area contributed by atoms with Gasteiger partial charge in [0.15, 0.2) is 0 Å². The standard InChI is InChI=1S/C11H20O2/c1-11(2,8-12)9-4-6-10(13-3)7-5-9/h8-10H,4-7H2,1-3H3. The van der Waals surface area contributed by atoms with Crippen molar-refractivity contribution in [3.8, 4) is 0 Å². The van der Waals surface area contributed by atoms with Gasteiger partial charge in [-0.15, -0.1) is 0 Å². The van der Waals surface area contributed by atoms with Crippen LogP contribution in [-0.4, -0.2) is 19.5 Å². The molecule has 1 aliphatic rings. The molecular formula is C11H20O2. The van der Waals surface area contributed by atoms with Gasteiger partial charge in [-0.3, -0.25) is 0 Å². The van der Waals surface area contributed by atoms with Crippen LogP contribution >= 0.6 is 0 Å². The SMILES string of the molecule is COC1CCC(C(C)(C)C=O)CC1. The first-order valence-corrected chi connectivity index (χ1v) is 5.09. The zero-order chi connectivity index (χ0) is 9.90. The van der Waals surface area contributed by atoms with Crippen LogP contribution in [0.1, 0.15) is 39.5 Å². The first kappa shape index (κ1) is 10.7. The number of rotatable bonds is 3. The summed E-state index contributed by atoms with van der Waals surface area (Å²) in [4.78, 5) is 10.8. The van der Waals surface area contributed by atoms with Gasteiger partial charge in [0.2, 0.25) is 0 Å². The van der Waals surface area contributed by atoms with Gasteiger partial charge in [0, 0.05) is 12.5 Å². The molecule has 0 aliphatic heterocycles. The molecule has 0 saturated heterocycles. The number of aldehydes is 1. The Balaban J connectivity index is 2.45. The molecular weight excluding hydrogens is 164 g/mol. The Bertz CT molecular complexity index is 167. The Labute approximate surface area is 80.7 Å². The minimum absolute atomic E-state index is 0.140. The van der Waals surface area contributed by atoms with Gasteiger partial charge in [-0.1, -0.05) is 13.8 Å². The summed E-state index contributed by atoms with van der Waals surface area (Å²) in [7, 11) is 1.77. The van der Waals surface area contributed by atoms with Gasteiger partial charge >= 0.3 is 0 Å². The van der Waals surface area contributed by atoms with Crippen molar-refractivity contribution in [2.45, 2.75) is 45.6 Å². The van der Waals surface area contributed by atoms with Crippen LogP contribution in [0.4, 0.5) is 0 Å². The summed E-state index contributed by atoms with van der Waals surface area (Å²) in [6.07, 6.45) is 6.01. The van der Waals surface area contributed by atoms with Crippen LogP contribution in [0.2, 0.25) is 0 Å². The monoisotopic (exact) mass is 184 g/mol. The first-order valence-electron chi connectivity index (χ1n) is 5.09. The van der Waals surface area contributed by atoms with E-state index in [1.165, 1.54) is 0 Å². The molecule has 0 atom stereocenters. The maximum Gasteiger partial charge on any atom is 0.125 e. The zero-order valence-corrected chi connectivity index (χ0v) is 8.88. The molecule has 0 N–H and O–H groups in total. The molecule has 0 radical (unpaired) electrons. The second-order valence-electron chi connectivity index (χ2n) is 4.65. The van der Waals surface area contributed by atoms with E-state index in [0.717, 1.165) is 32.0 Å². The molecule has 1 saturated carbocycles. The molecule has 1 aliphatic carbocycles. The topological polar surface area (TPSA) is 26.3 Å². The molecule has 0 unspecified atom stereocenters. The lowest BCUT2D eigenvalue weighted by Gasteiger charge is -2.35. The highest BCUT2D eigenvalue weighted by Gasteiger charge is 2.32. The van der Waals surface area contributed by atoms with Crippen molar-refractivity contribution < 1.29 is 9.53 Å². The molecule has 76 valence electrons. The molecule has 2 heteroatoms. The highest BCUT2D eigenvalue weighted by Crippen LogP contribution is 2.37. The predicted octanol–water partition coefficient (Wildman–Crippen LogP) is 2.42. The van der Waals surface area contributed by atoms with Crippen molar-refractivity contribution in [1.82, 2.24) is 0 Å². The van der Waals surface area contributed by atoms with Crippen LogP contribution in [0.3, 0.4) is 0 Å². The maximum absolute atomic E-state index is 10.8. The molecule has 1 rings (SSSR count). The van der Waals surface area contributed by atoms with Crippen LogP contribution in [0.5, 0.6) is 0 Å². The van der Waals surface area contributed by atoms with E-state index in [1.807, 2.05) is 13.8 Å². The molecule has 0 aromatic carbocycles. The lowest BCUT2D eigenvalue weighted by Crippen LogP contribution is -2.31. The van der Waals surface area contributed by atoms with Crippen molar-refractivity contribution in [2.75, 3.05) is 7.11 Å². The molecule has 0 bridgehead atoms. The van der Waals surface area contributed by atoms with E-state index >= 15 is 0 Å². The second kappa shape index (κ2) is 4.23. The highest BCUT2D eigenvalue weighted by molar-refractivity contribution is 5.58. The number of methoxy groups -OCH3 is 1. The van der Waals surface area contributed by atoms with Crippen molar-refractivity contribution in [3.63, 3.8) is 0 Å². The third-order valence-electron chi connectivity index (χ3n) is 3.36. The lowest BCUT2D eigenvalue weighted by atomic mass is 9.71. The van der Waals surface area contributed by atoms with Gasteiger partial charge in [0.1, 0.15) is 6.29 Å². The highest BCUT2D eigenvalue weighted by atomic mass is 16.5. The summed E-state index contributed by atoms with van der Waals surface area (Å²) in [5.41, 5.74) is -0.140. The predicted molar refractivity (Wildman–Crippen MR) is 52.6 cm³/mol. The summed E-state index contributed by atoms with van der Waals surface area (Å²) < 4.78 is 5.30. The summed E-state index contributed by atoms with van der Waals surface area (Å²) >= 11 is 0. The van der Waals surface area contributed by atoms with E-state index in [-0.39, 0.29) is 5.41 Å². The van der Waals surface area contributed by atoms with Crippen LogP contribution in [0, 0.1) is 11.3 Å². The molecule has 1 fully saturated rings. The Morgan fingerprint density at radius 1 is 1.23 bits per heavy atom. The largest absolute Gasteiger partial charge is 0.381 e. The van der Waals surface area contributed by atoms with E-state index < -0.39 is 0 Å². The summed E-state index contributed by atoms with van der Waals surface area (Å²) in [5, 5.41) is 0. The van der Waals surface area contributed by atoms with Crippen molar-refractivity contribution in [3.05, 3.63) is 0 Å². The summed E-state index contributed by atoms with van der Waals surface area (Å²) in [6, 6.07) is 0. The fourth-order valence-corrected chi connectivity index (χ4v) is 2.14. The van der Waals surface area contributed by atoms with Gasteiger partial charge in [0.05, 0.1) is 6.10 Å². The summed E-state index contributed by atoms with van der Waals surface area (Å²) in [5.74, 6) is 0.552. The Kier molecular flexibility index (Phi) is 3.48. The Morgan fingerprint density at radius 3 is 2.15 bits per heavy atom. The number of carbonyl (C=O) groups excluding carboxylic acids is 1. The normalized spacial score (nSPS) is 30.1. The van der Waals surface area contributed by atoms with Crippen LogP contribution < -0.4 is 0 Å². The molecule has 0 aromatic heterocycles. The molecule has 2 nitrogen and oxygen atoms in total. The number of hydrogen-bond donors (Lipinski definition) is 0. The Morgan fingerprint density at radius 2 is 1.77 bits per heavy atom. The molecule has 0 amide bonds. The smallest absolute Gasteiger partial charge is 0.125 e. The second-order valence-corrected chi connectivity index (χ2v) is 4.65. The lowest BCUT2D eigenvalue weighted by molar-refractivity contribution is -0.118. The van der Waals surface area contributed by atoms with E-state index in [2.05, 4.69) is 0 Å². The minimum Gasteiger partial charge on any atom is -0.381 e. The van der Waals surface area contributed by atoms with Crippen molar-refractivity contribution in [2.24, 2.45) is 11.3 Å². The maximum atomic E-state index is 10.8. The third kappa shape index (κ3) is 2.53. The number of ether oxygens (including phenoxy) is 1. The van der Waals surface area contributed by atoms with Gasteiger partial charge < -0.3 is 9.53 Å². The fourth-order valence-electron chi connectivity index (χ4n) is 2.14. The molecule has 13 heavy (non-hydrogen) atoms. The summed E-state index contributed by atoms with van der Waals surface area (Å²) in [6.45, 7) is 4.08. The minimum atomic E-state index is -0.140. The average Bonchev–Trinajstić information content (AvgIpc) is 2.18. The first-order chi connectivity index (χ1) is 6.10. The number of hydrogen-bond acceptors (Lipinski definition) is 2.